The molecule has 0 fully saturated rings. The summed E-state index contributed by atoms with van der Waals surface area (Å²) in [5, 5.41) is 2.59. The van der Waals surface area contributed by atoms with Gasteiger partial charge in [-0.3, -0.25) is 9.59 Å². The van der Waals surface area contributed by atoms with Gasteiger partial charge in [0, 0.05) is 23.4 Å². The smallest absolute Gasteiger partial charge is 0.279 e. The second-order valence-electron chi connectivity index (χ2n) is 9.00. The number of hydrogen-bond acceptors (Lipinski definition) is 11. The van der Waals surface area contributed by atoms with E-state index in [-0.39, 0.29) is 45.9 Å². The van der Waals surface area contributed by atoms with Crippen LogP contribution < -0.4 is 44.2 Å². The Bertz CT molecular complexity index is 1590. The zero-order valence-corrected chi connectivity index (χ0v) is 24.2. The van der Waals surface area contributed by atoms with Crippen LogP contribution in [0, 0.1) is 0 Å². The van der Waals surface area contributed by atoms with E-state index in [1.165, 1.54) is 39.5 Å². The molecular formula is C28H31N3O10S. The van der Waals surface area contributed by atoms with Gasteiger partial charge >= 0.3 is 0 Å². The van der Waals surface area contributed by atoms with Crippen molar-refractivity contribution in [3.05, 3.63) is 53.6 Å². The zero-order valence-electron chi connectivity index (χ0n) is 23.4. The highest BCUT2D eigenvalue weighted by atomic mass is 32.2. The van der Waals surface area contributed by atoms with Crippen LogP contribution >= 0.6 is 0 Å². The van der Waals surface area contributed by atoms with Crippen LogP contribution in [0.1, 0.15) is 30.6 Å². The third-order valence-electron chi connectivity index (χ3n) is 6.31. The number of sulfonamides is 1. The van der Waals surface area contributed by atoms with Gasteiger partial charge in [0.05, 0.1) is 27.0 Å². The van der Waals surface area contributed by atoms with Crippen molar-refractivity contribution in [1.82, 2.24) is 4.72 Å². The number of benzene rings is 3. The number of aryl methyl sites for hydroxylation is 1. The predicted molar refractivity (Wildman–Crippen MR) is 152 cm³/mol. The molecule has 4 N–H and O–H groups in total. The number of amides is 2. The van der Waals surface area contributed by atoms with Gasteiger partial charge in [-0.1, -0.05) is 13.3 Å². The number of carbonyl (C=O) groups excluding carboxylic acids is 2. The molecule has 0 spiro atoms. The minimum Gasteiger partial charge on any atom is -0.495 e. The number of carbonyl (C=O) groups is 2. The van der Waals surface area contributed by atoms with Gasteiger partial charge in [-0.15, -0.1) is 0 Å². The van der Waals surface area contributed by atoms with Crippen LogP contribution in [0.2, 0.25) is 0 Å². The number of ether oxygens (including phenoxy) is 6. The van der Waals surface area contributed by atoms with Gasteiger partial charge < -0.3 is 39.5 Å². The molecule has 1 aliphatic heterocycles. The molecule has 224 valence electrons. The van der Waals surface area contributed by atoms with Gasteiger partial charge in [0.25, 0.3) is 15.9 Å². The van der Waals surface area contributed by atoms with Crippen molar-refractivity contribution in [2.24, 2.45) is 0 Å². The minimum absolute atomic E-state index is 0.0636. The summed E-state index contributed by atoms with van der Waals surface area (Å²) in [4.78, 5) is 24.4. The van der Waals surface area contributed by atoms with E-state index in [0.717, 1.165) is 12.5 Å². The van der Waals surface area contributed by atoms with Crippen LogP contribution in [-0.4, -0.2) is 48.9 Å². The molecule has 1 atom stereocenters. The van der Waals surface area contributed by atoms with E-state index < -0.39 is 22.0 Å². The number of nitrogen functional groups attached to an aromatic ring is 1. The van der Waals surface area contributed by atoms with Crippen LogP contribution in [0.5, 0.6) is 34.5 Å². The Morgan fingerprint density at radius 1 is 1.00 bits per heavy atom. The molecular weight excluding hydrogens is 570 g/mol. The van der Waals surface area contributed by atoms with Crippen LogP contribution in [-0.2, 0) is 26.0 Å². The van der Waals surface area contributed by atoms with E-state index >= 15 is 0 Å². The van der Waals surface area contributed by atoms with Gasteiger partial charge in [0.15, 0.2) is 11.5 Å². The lowest BCUT2D eigenvalue weighted by Crippen LogP contribution is -2.37. The van der Waals surface area contributed by atoms with Crippen molar-refractivity contribution in [3.63, 3.8) is 0 Å². The Labute approximate surface area is 242 Å². The average molecular weight is 602 g/mol. The number of methoxy groups -OCH3 is 3. The first-order chi connectivity index (χ1) is 20.1. The first-order valence-corrected chi connectivity index (χ1v) is 14.2. The molecule has 0 saturated heterocycles. The molecule has 13 nitrogen and oxygen atoms in total. The number of rotatable bonds is 13. The Hall–Kier alpha value is -4.85. The maximum absolute atomic E-state index is 13.8. The largest absolute Gasteiger partial charge is 0.495 e. The average Bonchev–Trinajstić information content (AvgIpc) is 3.45. The predicted octanol–water partition coefficient (Wildman–Crippen LogP) is 3.17. The molecule has 1 unspecified atom stereocenters. The second-order valence-corrected chi connectivity index (χ2v) is 10.7. The fraction of sp³-hybridized carbons (Fsp3) is 0.286. The number of fused-ring (bicyclic) bond motifs is 1. The van der Waals surface area contributed by atoms with Crippen molar-refractivity contribution in [1.29, 1.82) is 0 Å². The molecule has 1 aliphatic rings. The molecule has 0 aliphatic carbocycles. The number of anilines is 2. The Kier molecular flexibility index (Phi) is 9.15. The Morgan fingerprint density at radius 3 is 2.40 bits per heavy atom. The maximum atomic E-state index is 13.8. The molecule has 3 aromatic rings. The standard InChI is InChI=1S/C28H31N3O10S/c1-5-6-16-9-18(30-14-32)7-8-20(16)41-26(17-10-23(38-4)27-24(11-17)39-15-40-27)28(33)31-42(34,35)25-13-21(36-2)19(29)12-22(25)37-3/h7-14,26H,5-6,15,29H2,1-4H3,(H,30,32)(H,31,33). The lowest BCUT2D eigenvalue weighted by atomic mass is 10.1. The molecule has 0 radical (unpaired) electrons. The van der Waals surface area contributed by atoms with Gasteiger partial charge in [0.1, 0.15) is 22.1 Å². The van der Waals surface area contributed by atoms with E-state index in [1.54, 1.807) is 18.2 Å². The molecule has 0 bridgehead atoms. The van der Waals surface area contributed by atoms with E-state index in [9.17, 15) is 18.0 Å². The lowest BCUT2D eigenvalue weighted by Gasteiger charge is -2.22. The molecule has 42 heavy (non-hydrogen) atoms. The number of nitrogens with two attached hydrogens (primary N) is 1. The highest BCUT2D eigenvalue weighted by molar-refractivity contribution is 7.90. The lowest BCUT2D eigenvalue weighted by molar-refractivity contribution is -0.126. The molecule has 0 saturated carbocycles. The van der Waals surface area contributed by atoms with Crippen LogP contribution in [0.25, 0.3) is 0 Å². The quantitative estimate of drug-likeness (QED) is 0.194. The zero-order chi connectivity index (χ0) is 30.4. The summed E-state index contributed by atoms with van der Waals surface area (Å²) >= 11 is 0. The fourth-order valence-corrected chi connectivity index (χ4v) is 5.51. The number of nitrogens with one attached hydrogen (secondary N) is 2. The first kappa shape index (κ1) is 30.1. The summed E-state index contributed by atoms with van der Waals surface area (Å²) in [5.74, 6) is 0.138. The third-order valence-corrected chi connectivity index (χ3v) is 7.68. The molecule has 3 aromatic carbocycles. The van der Waals surface area contributed by atoms with Crippen LogP contribution in [0.3, 0.4) is 0 Å². The van der Waals surface area contributed by atoms with Crippen molar-refractivity contribution >= 4 is 33.7 Å². The van der Waals surface area contributed by atoms with Crippen molar-refractivity contribution in [3.8, 4) is 34.5 Å². The Morgan fingerprint density at radius 2 is 1.74 bits per heavy atom. The third kappa shape index (κ3) is 6.22. The normalized spacial score (nSPS) is 12.7. The SMILES string of the molecule is CCCc1cc(NC=O)ccc1OC(C(=O)NS(=O)(=O)c1cc(OC)c(N)cc1OC)c1cc(OC)c2c(c1)OCO2. The van der Waals surface area contributed by atoms with Gasteiger partial charge in [-0.05, 0) is 42.3 Å². The highest BCUT2D eigenvalue weighted by Crippen LogP contribution is 2.44. The fourth-order valence-electron chi connectivity index (χ4n) is 4.36. The minimum atomic E-state index is -4.53. The summed E-state index contributed by atoms with van der Waals surface area (Å²) in [6, 6.07) is 10.3. The van der Waals surface area contributed by atoms with Gasteiger partial charge in [0.2, 0.25) is 25.1 Å². The topological polar surface area (TPSA) is 174 Å². The first-order valence-electron chi connectivity index (χ1n) is 12.7. The van der Waals surface area contributed by atoms with Crippen molar-refractivity contribution in [2.45, 2.75) is 30.8 Å². The molecule has 2 amide bonds. The molecule has 1 heterocycles. The summed E-state index contributed by atoms with van der Waals surface area (Å²) in [6.45, 7) is 1.89. The number of hydrogen-bond donors (Lipinski definition) is 3. The van der Waals surface area contributed by atoms with E-state index in [0.29, 0.717) is 35.6 Å². The summed E-state index contributed by atoms with van der Waals surface area (Å²) < 4.78 is 62.1. The van der Waals surface area contributed by atoms with E-state index in [1.807, 2.05) is 6.92 Å². The van der Waals surface area contributed by atoms with Gasteiger partial charge in [-0.2, -0.15) is 0 Å². The van der Waals surface area contributed by atoms with E-state index in [4.69, 9.17) is 34.2 Å². The summed E-state index contributed by atoms with van der Waals surface area (Å²) in [6.07, 6.45) is 0.309. The van der Waals surface area contributed by atoms with Crippen molar-refractivity contribution in [2.75, 3.05) is 39.2 Å². The summed E-state index contributed by atoms with van der Waals surface area (Å²) in [5.41, 5.74) is 7.48. The molecule has 14 heteroatoms. The van der Waals surface area contributed by atoms with E-state index in [2.05, 4.69) is 10.0 Å². The molecule has 0 aromatic heterocycles. The van der Waals surface area contributed by atoms with Crippen LogP contribution in [0.15, 0.2) is 47.4 Å². The van der Waals surface area contributed by atoms with Crippen molar-refractivity contribution < 1.29 is 46.4 Å². The maximum Gasteiger partial charge on any atom is 0.279 e. The monoisotopic (exact) mass is 601 g/mol. The highest BCUT2D eigenvalue weighted by Gasteiger charge is 2.33. The van der Waals surface area contributed by atoms with Crippen LogP contribution in [0.4, 0.5) is 11.4 Å². The second kappa shape index (κ2) is 12.8. The summed E-state index contributed by atoms with van der Waals surface area (Å²) in [7, 11) is -0.521. The Balaban J connectivity index is 1.79. The van der Waals surface area contributed by atoms with Gasteiger partial charge in [-0.25, -0.2) is 13.1 Å². The molecule has 4 rings (SSSR count).